The van der Waals surface area contributed by atoms with Gasteiger partial charge >= 0.3 is 0 Å². The summed E-state index contributed by atoms with van der Waals surface area (Å²) in [5, 5.41) is 3.49. The van der Waals surface area contributed by atoms with E-state index in [4.69, 9.17) is 5.73 Å². The minimum Gasteiger partial charge on any atom is -0.329 e. The Kier molecular flexibility index (Phi) is 4.72. The summed E-state index contributed by atoms with van der Waals surface area (Å²) in [6.45, 7) is 12.5. The molecule has 0 spiro atoms. The van der Waals surface area contributed by atoms with Crippen LogP contribution in [0.3, 0.4) is 0 Å². The van der Waals surface area contributed by atoms with Crippen LogP contribution in [0.5, 0.6) is 0 Å². The van der Waals surface area contributed by atoms with E-state index in [1.54, 1.807) is 0 Å². The third-order valence-electron chi connectivity index (χ3n) is 3.68. The summed E-state index contributed by atoms with van der Waals surface area (Å²) in [7, 11) is 0. The zero-order chi connectivity index (χ0) is 13.1. The molecule has 0 aliphatic heterocycles. The fourth-order valence-corrected chi connectivity index (χ4v) is 1.89. The summed E-state index contributed by atoms with van der Waals surface area (Å²) < 4.78 is 0. The number of rotatable bonds is 5. The maximum Gasteiger partial charge on any atom is 0.0247 e. The predicted octanol–water partition coefficient (Wildman–Crippen LogP) is 2.48. The molecule has 3 N–H and O–H groups in total. The molecule has 0 aromatic heterocycles. The zero-order valence-electron chi connectivity index (χ0n) is 11.9. The smallest absolute Gasteiger partial charge is 0.0247 e. The van der Waals surface area contributed by atoms with Crippen molar-refractivity contribution in [1.82, 2.24) is 5.32 Å². The topological polar surface area (TPSA) is 38.0 Å². The van der Waals surface area contributed by atoms with Crippen LogP contribution in [0.1, 0.15) is 36.1 Å². The van der Waals surface area contributed by atoms with Gasteiger partial charge in [0, 0.05) is 12.1 Å². The number of aryl methyl sites for hydroxylation is 1. The molecule has 96 valence electrons. The number of hydrogen-bond acceptors (Lipinski definition) is 2. The second kappa shape index (κ2) is 5.65. The minimum atomic E-state index is 0.0354. The minimum absolute atomic E-state index is 0.0354. The fourth-order valence-electron chi connectivity index (χ4n) is 1.89. The second-order valence-electron chi connectivity index (χ2n) is 5.56. The maximum atomic E-state index is 5.70. The first-order chi connectivity index (χ1) is 7.87. The summed E-state index contributed by atoms with van der Waals surface area (Å²) in [5.41, 5.74) is 11.4. The van der Waals surface area contributed by atoms with Crippen LogP contribution in [0.2, 0.25) is 0 Å². The van der Waals surface area contributed by atoms with E-state index in [9.17, 15) is 0 Å². The van der Waals surface area contributed by atoms with Crippen LogP contribution in [-0.4, -0.2) is 18.6 Å². The van der Waals surface area contributed by atoms with Crippen molar-refractivity contribution in [3.8, 4) is 0 Å². The van der Waals surface area contributed by atoms with Crippen molar-refractivity contribution in [3.05, 3.63) is 34.4 Å². The lowest BCUT2D eigenvalue weighted by atomic mass is 9.96. The first-order valence-corrected chi connectivity index (χ1v) is 6.38. The molecule has 17 heavy (non-hydrogen) atoms. The van der Waals surface area contributed by atoms with E-state index < -0.39 is 0 Å². The Balaban J connectivity index is 2.62. The molecule has 0 aliphatic carbocycles. The van der Waals surface area contributed by atoms with Gasteiger partial charge in [-0.25, -0.2) is 0 Å². The molecule has 0 saturated heterocycles. The van der Waals surface area contributed by atoms with E-state index in [0.717, 1.165) is 13.0 Å². The van der Waals surface area contributed by atoms with Crippen molar-refractivity contribution in [2.24, 2.45) is 5.73 Å². The molecule has 2 nitrogen and oxygen atoms in total. The largest absolute Gasteiger partial charge is 0.329 e. The summed E-state index contributed by atoms with van der Waals surface area (Å²) in [6, 6.07) is 4.46. The van der Waals surface area contributed by atoms with Crippen molar-refractivity contribution in [2.75, 3.05) is 13.1 Å². The van der Waals surface area contributed by atoms with Crippen molar-refractivity contribution in [3.63, 3.8) is 0 Å². The highest BCUT2D eigenvalue weighted by atomic mass is 15.0. The molecule has 0 amide bonds. The molecular formula is C15H26N2. The molecular weight excluding hydrogens is 208 g/mol. The Labute approximate surface area is 106 Å². The van der Waals surface area contributed by atoms with Gasteiger partial charge < -0.3 is 11.1 Å². The molecule has 1 rings (SSSR count). The van der Waals surface area contributed by atoms with Crippen LogP contribution in [0.25, 0.3) is 0 Å². The number of nitrogens with two attached hydrogens (primary N) is 1. The average molecular weight is 234 g/mol. The lowest BCUT2D eigenvalue weighted by molar-refractivity contribution is 0.401. The molecule has 2 heteroatoms. The van der Waals surface area contributed by atoms with E-state index >= 15 is 0 Å². The van der Waals surface area contributed by atoms with Crippen molar-refractivity contribution in [1.29, 1.82) is 0 Å². The monoisotopic (exact) mass is 234 g/mol. The van der Waals surface area contributed by atoms with Crippen LogP contribution in [0.4, 0.5) is 0 Å². The summed E-state index contributed by atoms with van der Waals surface area (Å²) in [5.74, 6) is 0. The second-order valence-corrected chi connectivity index (χ2v) is 5.56. The fraction of sp³-hybridized carbons (Fsp3) is 0.600. The van der Waals surface area contributed by atoms with Crippen LogP contribution < -0.4 is 11.1 Å². The quantitative estimate of drug-likeness (QED) is 0.821. The highest BCUT2D eigenvalue weighted by Crippen LogP contribution is 2.17. The number of nitrogens with one attached hydrogen (secondary N) is 1. The molecule has 1 aromatic rings. The molecule has 0 saturated carbocycles. The van der Waals surface area contributed by atoms with Gasteiger partial charge in [-0.3, -0.25) is 0 Å². The Hall–Kier alpha value is -0.860. The predicted molar refractivity (Wildman–Crippen MR) is 75.5 cm³/mol. The van der Waals surface area contributed by atoms with Gasteiger partial charge in [0.05, 0.1) is 0 Å². The molecule has 0 fully saturated rings. The SMILES string of the molecule is Cc1ccc(CCNC(C)(C)CN)c(C)c1C. The number of benzene rings is 1. The Morgan fingerprint density at radius 1 is 1.12 bits per heavy atom. The van der Waals surface area contributed by atoms with Crippen LogP contribution in [-0.2, 0) is 6.42 Å². The normalized spacial score (nSPS) is 11.9. The molecule has 0 atom stereocenters. The highest BCUT2D eigenvalue weighted by molar-refractivity contribution is 5.38. The van der Waals surface area contributed by atoms with E-state index in [2.05, 4.69) is 52.1 Å². The van der Waals surface area contributed by atoms with E-state index in [0.29, 0.717) is 6.54 Å². The van der Waals surface area contributed by atoms with Gasteiger partial charge in [-0.1, -0.05) is 12.1 Å². The third kappa shape index (κ3) is 3.83. The zero-order valence-corrected chi connectivity index (χ0v) is 11.9. The first kappa shape index (κ1) is 14.2. The third-order valence-corrected chi connectivity index (χ3v) is 3.68. The Morgan fingerprint density at radius 2 is 1.76 bits per heavy atom. The molecule has 0 aliphatic rings. The first-order valence-electron chi connectivity index (χ1n) is 6.38. The molecule has 0 heterocycles. The van der Waals surface area contributed by atoms with E-state index in [-0.39, 0.29) is 5.54 Å². The van der Waals surface area contributed by atoms with Crippen molar-refractivity contribution in [2.45, 2.75) is 46.6 Å². The molecule has 0 radical (unpaired) electrons. The van der Waals surface area contributed by atoms with E-state index in [1.165, 1.54) is 22.3 Å². The summed E-state index contributed by atoms with van der Waals surface area (Å²) in [6.07, 6.45) is 1.07. The van der Waals surface area contributed by atoms with Gasteiger partial charge in [-0.2, -0.15) is 0 Å². The van der Waals surface area contributed by atoms with Crippen molar-refractivity contribution < 1.29 is 0 Å². The standard InChI is InChI=1S/C15H26N2/c1-11-6-7-14(13(3)12(11)2)8-9-17-15(4,5)10-16/h6-7,17H,8-10,16H2,1-5H3. The van der Waals surface area contributed by atoms with Crippen molar-refractivity contribution >= 4 is 0 Å². The Morgan fingerprint density at radius 3 is 2.35 bits per heavy atom. The van der Waals surface area contributed by atoms with Gasteiger partial charge in [-0.05, 0) is 69.8 Å². The van der Waals surface area contributed by atoms with Crippen LogP contribution in [0, 0.1) is 20.8 Å². The number of hydrogen-bond donors (Lipinski definition) is 2. The van der Waals surface area contributed by atoms with Gasteiger partial charge in [0.1, 0.15) is 0 Å². The molecule has 0 bridgehead atoms. The lowest BCUT2D eigenvalue weighted by Crippen LogP contribution is -2.46. The summed E-state index contributed by atoms with van der Waals surface area (Å²) >= 11 is 0. The summed E-state index contributed by atoms with van der Waals surface area (Å²) in [4.78, 5) is 0. The van der Waals surface area contributed by atoms with Crippen LogP contribution >= 0.6 is 0 Å². The molecule has 0 unspecified atom stereocenters. The lowest BCUT2D eigenvalue weighted by Gasteiger charge is -2.24. The highest BCUT2D eigenvalue weighted by Gasteiger charge is 2.13. The van der Waals surface area contributed by atoms with Gasteiger partial charge in [0.25, 0.3) is 0 Å². The average Bonchev–Trinajstić information content (AvgIpc) is 2.29. The van der Waals surface area contributed by atoms with E-state index in [1.807, 2.05) is 0 Å². The Bertz CT molecular complexity index is 381. The molecule has 1 aromatic carbocycles. The van der Waals surface area contributed by atoms with Gasteiger partial charge in [0.2, 0.25) is 0 Å². The van der Waals surface area contributed by atoms with Crippen LogP contribution in [0.15, 0.2) is 12.1 Å². The van der Waals surface area contributed by atoms with Gasteiger partial charge in [-0.15, -0.1) is 0 Å². The maximum absolute atomic E-state index is 5.70. The van der Waals surface area contributed by atoms with Gasteiger partial charge in [0.15, 0.2) is 0 Å².